The Balaban J connectivity index is 2.24. The van der Waals surface area contributed by atoms with Gasteiger partial charge in [-0.1, -0.05) is 6.07 Å². The Morgan fingerprint density at radius 1 is 1.04 bits per heavy atom. The maximum atomic E-state index is 12.5. The van der Waals surface area contributed by atoms with Gasteiger partial charge < -0.3 is 5.73 Å². The maximum absolute atomic E-state index is 12.5. The second-order valence-corrected chi connectivity index (χ2v) is 9.86. The van der Waals surface area contributed by atoms with Crippen LogP contribution in [0.25, 0.3) is 0 Å². The highest BCUT2D eigenvalue weighted by atomic mass is 32.2. The fourth-order valence-corrected chi connectivity index (χ4v) is 4.91. The fourth-order valence-electron chi connectivity index (χ4n) is 2.54. The van der Waals surface area contributed by atoms with Crippen molar-refractivity contribution in [3.05, 3.63) is 24.3 Å². The minimum absolute atomic E-state index is 0.0453. The largest absolute Gasteiger partial charge is 0.328 e. The first-order chi connectivity index (χ1) is 10.6. The lowest BCUT2D eigenvalue weighted by Crippen LogP contribution is -2.40. The average molecular weight is 361 g/mol. The number of hydrogen-bond donors (Lipinski definition) is 2. The Hall–Kier alpha value is -1.00. The van der Waals surface area contributed by atoms with E-state index in [4.69, 9.17) is 5.73 Å². The first-order valence-electron chi connectivity index (χ1n) is 7.43. The van der Waals surface area contributed by atoms with Crippen LogP contribution in [0, 0.1) is 0 Å². The van der Waals surface area contributed by atoms with E-state index in [1.807, 2.05) is 0 Å². The number of nitrogens with zero attached hydrogens (tertiary/aromatic N) is 1. The summed E-state index contributed by atoms with van der Waals surface area (Å²) in [5.74, 6) is 0. The summed E-state index contributed by atoms with van der Waals surface area (Å²) in [4.78, 5) is -0.0914. The molecular weight excluding hydrogens is 338 g/mol. The topological polar surface area (TPSA) is 110 Å². The van der Waals surface area contributed by atoms with E-state index in [1.54, 1.807) is 0 Å². The molecular formula is C14H23N3O4S2. The van der Waals surface area contributed by atoms with Gasteiger partial charge in [0.1, 0.15) is 0 Å². The summed E-state index contributed by atoms with van der Waals surface area (Å²) >= 11 is 0. The molecule has 2 rings (SSSR count). The quantitative estimate of drug-likeness (QED) is 0.793. The molecule has 1 aliphatic carbocycles. The molecule has 0 spiro atoms. The van der Waals surface area contributed by atoms with Gasteiger partial charge in [-0.15, -0.1) is 0 Å². The minimum Gasteiger partial charge on any atom is -0.328 e. The van der Waals surface area contributed by atoms with Gasteiger partial charge in [0, 0.05) is 26.2 Å². The lowest BCUT2D eigenvalue weighted by atomic mass is 9.93. The van der Waals surface area contributed by atoms with Crippen LogP contribution in [0.15, 0.2) is 34.1 Å². The normalized spacial score (nSPS) is 23.1. The van der Waals surface area contributed by atoms with Crippen molar-refractivity contribution >= 4 is 20.0 Å². The average Bonchev–Trinajstić information content (AvgIpc) is 2.49. The third-order valence-corrected chi connectivity index (χ3v) is 7.32. The molecule has 0 aromatic heterocycles. The van der Waals surface area contributed by atoms with Crippen molar-refractivity contribution in [1.29, 1.82) is 0 Å². The summed E-state index contributed by atoms with van der Waals surface area (Å²) in [5.41, 5.74) is 5.82. The Kier molecular flexibility index (Phi) is 5.47. The molecule has 0 radical (unpaired) electrons. The number of hydrogen-bond acceptors (Lipinski definition) is 5. The van der Waals surface area contributed by atoms with E-state index in [0.717, 1.165) is 17.1 Å². The van der Waals surface area contributed by atoms with Crippen LogP contribution in [0.2, 0.25) is 0 Å². The van der Waals surface area contributed by atoms with Gasteiger partial charge in [-0.05, 0) is 43.9 Å². The molecule has 0 bridgehead atoms. The second-order valence-electron chi connectivity index (χ2n) is 6.00. The molecule has 0 heterocycles. The SMILES string of the molecule is CN(C)S(=O)(=O)c1cccc(S(=O)(=O)NC2CCC(N)CC2)c1. The van der Waals surface area contributed by atoms with Crippen LogP contribution in [0.3, 0.4) is 0 Å². The van der Waals surface area contributed by atoms with Gasteiger partial charge >= 0.3 is 0 Å². The number of sulfonamides is 2. The Bertz CT molecular complexity index is 752. The van der Waals surface area contributed by atoms with Crippen molar-refractivity contribution in [3.63, 3.8) is 0 Å². The zero-order valence-corrected chi connectivity index (χ0v) is 14.9. The Morgan fingerprint density at radius 2 is 1.61 bits per heavy atom. The lowest BCUT2D eigenvalue weighted by Gasteiger charge is -2.26. The van der Waals surface area contributed by atoms with Gasteiger partial charge in [0.2, 0.25) is 20.0 Å². The summed E-state index contributed by atoms with van der Waals surface area (Å²) in [6, 6.07) is 5.37. The summed E-state index contributed by atoms with van der Waals surface area (Å²) < 4.78 is 52.9. The second kappa shape index (κ2) is 6.86. The smallest absolute Gasteiger partial charge is 0.242 e. The molecule has 1 aromatic carbocycles. The molecule has 0 atom stereocenters. The highest BCUT2D eigenvalue weighted by Crippen LogP contribution is 2.21. The number of benzene rings is 1. The van der Waals surface area contributed by atoms with Crippen molar-refractivity contribution in [2.45, 2.75) is 47.6 Å². The van der Waals surface area contributed by atoms with Crippen LogP contribution < -0.4 is 10.5 Å². The molecule has 1 aliphatic rings. The highest BCUT2D eigenvalue weighted by molar-refractivity contribution is 7.90. The van der Waals surface area contributed by atoms with Crippen molar-refractivity contribution in [3.8, 4) is 0 Å². The van der Waals surface area contributed by atoms with Crippen LogP contribution >= 0.6 is 0 Å². The third kappa shape index (κ3) is 4.30. The first kappa shape index (κ1) is 18.3. The predicted octanol–water partition coefficient (Wildman–Crippen LogP) is 0.485. The summed E-state index contributed by atoms with van der Waals surface area (Å²) in [7, 11) is -4.63. The third-order valence-electron chi connectivity index (χ3n) is 3.99. The summed E-state index contributed by atoms with van der Waals surface area (Å²) in [5, 5.41) is 0. The molecule has 3 N–H and O–H groups in total. The highest BCUT2D eigenvalue weighted by Gasteiger charge is 2.26. The van der Waals surface area contributed by atoms with E-state index in [9.17, 15) is 16.8 Å². The minimum atomic E-state index is -3.76. The van der Waals surface area contributed by atoms with E-state index >= 15 is 0 Å². The van der Waals surface area contributed by atoms with Crippen LogP contribution in [0.5, 0.6) is 0 Å². The van der Waals surface area contributed by atoms with Crippen molar-refractivity contribution in [2.24, 2.45) is 5.73 Å². The van der Waals surface area contributed by atoms with Crippen molar-refractivity contribution in [1.82, 2.24) is 9.03 Å². The summed E-state index contributed by atoms with van der Waals surface area (Å²) in [6.07, 6.45) is 2.94. The number of nitrogens with one attached hydrogen (secondary N) is 1. The first-order valence-corrected chi connectivity index (χ1v) is 10.4. The molecule has 1 saturated carbocycles. The van der Waals surface area contributed by atoms with Crippen molar-refractivity contribution < 1.29 is 16.8 Å². The standard InChI is InChI=1S/C14H23N3O4S2/c1-17(2)23(20,21)14-5-3-4-13(10-14)22(18,19)16-12-8-6-11(15)7-9-12/h3-5,10-12,16H,6-9,15H2,1-2H3. The van der Waals surface area contributed by atoms with Gasteiger partial charge in [-0.25, -0.2) is 25.9 Å². The Labute approximate surface area is 138 Å². The molecule has 130 valence electrons. The molecule has 0 saturated heterocycles. The van der Waals surface area contributed by atoms with Gasteiger partial charge in [0.25, 0.3) is 0 Å². The van der Waals surface area contributed by atoms with Crippen LogP contribution in [-0.4, -0.2) is 47.3 Å². The van der Waals surface area contributed by atoms with Crippen LogP contribution in [0.4, 0.5) is 0 Å². The molecule has 0 aliphatic heterocycles. The van der Waals surface area contributed by atoms with Gasteiger partial charge in [-0.3, -0.25) is 0 Å². The van der Waals surface area contributed by atoms with Crippen LogP contribution in [-0.2, 0) is 20.0 Å². The molecule has 1 aromatic rings. The fraction of sp³-hybridized carbons (Fsp3) is 0.571. The van der Waals surface area contributed by atoms with Crippen molar-refractivity contribution in [2.75, 3.05) is 14.1 Å². The number of rotatable bonds is 5. The monoisotopic (exact) mass is 361 g/mol. The van der Waals surface area contributed by atoms with Gasteiger partial charge in [0.15, 0.2) is 0 Å². The molecule has 1 fully saturated rings. The molecule has 0 amide bonds. The van der Waals surface area contributed by atoms with Gasteiger partial charge in [0.05, 0.1) is 9.79 Å². The van der Waals surface area contributed by atoms with E-state index in [2.05, 4.69) is 4.72 Å². The van der Waals surface area contributed by atoms with Gasteiger partial charge in [-0.2, -0.15) is 0 Å². The number of nitrogens with two attached hydrogens (primary N) is 1. The van der Waals surface area contributed by atoms with E-state index in [0.29, 0.717) is 12.8 Å². The predicted molar refractivity (Wildman–Crippen MR) is 87.9 cm³/mol. The zero-order valence-electron chi connectivity index (χ0n) is 13.3. The maximum Gasteiger partial charge on any atom is 0.242 e. The molecule has 0 unspecified atom stereocenters. The lowest BCUT2D eigenvalue weighted by molar-refractivity contribution is 0.373. The van der Waals surface area contributed by atoms with Crippen LogP contribution in [0.1, 0.15) is 25.7 Å². The summed E-state index contributed by atoms with van der Waals surface area (Å²) in [6.45, 7) is 0. The molecule has 9 heteroatoms. The van der Waals surface area contributed by atoms with E-state index in [-0.39, 0.29) is 21.9 Å². The van der Waals surface area contributed by atoms with E-state index < -0.39 is 20.0 Å². The molecule has 23 heavy (non-hydrogen) atoms. The molecule has 7 nitrogen and oxygen atoms in total. The zero-order chi connectivity index (χ0) is 17.3. The van der Waals surface area contributed by atoms with E-state index in [1.165, 1.54) is 38.4 Å². The Morgan fingerprint density at radius 3 is 2.17 bits per heavy atom.